The molecule has 0 saturated heterocycles. The number of anilines is 1. The third kappa shape index (κ3) is 4.96. The Morgan fingerprint density at radius 1 is 0.941 bits per heavy atom. The van der Waals surface area contributed by atoms with Gasteiger partial charge in [0, 0.05) is 48.6 Å². The number of hydrogen-bond acceptors (Lipinski definition) is 7. The second-order valence-corrected chi connectivity index (χ2v) is 7.70. The molecule has 0 unspecified atom stereocenters. The van der Waals surface area contributed by atoms with Gasteiger partial charge in [-0.2, -0.15) is 5.10 Å². The third-order valence-corrected chi connectivity index (χ3v) is 5.39. The molecule has 2 N–H and O–H groups in total. The molecule has 5 aromatic rings. The molecule has 0 amide bonds. The summed E-state index contributed by atoms with van der Waals surface area (Å²) in [5.41, 5.74) is 4.00. The highest BCUT2D eigenvalue weighted by molar-refractivity contribution is 5.92. The topological polar surface area (TPSA) is 97.8 Å². The zero-order valence-corrected chi connectivity index (χ0v) is 18.7. The van der Waals surface area contributed by atoms with Crippen LogP contribution in [0.25, 0.3) is 22.0 Å². The predicted molar refractivity (Wildman–Crippen MR) is 131 cm³/mol. The SMILES string of the molecule is COc1cccc(OCCc2nc(NCc3cccnc3)c3cc(-c4cn[nH]c4)ccc3n2)c1. The number of pyridine rings is 1. The van der Waals surface area contributed by atoms with Crippen LogP contribution < -0.4 is 14.8 Å². The molecule has 3 heterocycles. The Bertz CT molecular complexity index is 1370. The van der Waals surface area contributed by atoms with Crippen LogP contribution in [0.3, 0.4) is 0 Å². The largest absolute Gasteiger partial charge is 0.497 e. The summed E-state index contributed by atoms with van der Waals surface area (Å²) >= 11 is 0. The molecule has 0 atom stereocenters. The van der Waals surface area contributed by atoms with Crippen LogP contribution in [0.1, 0.15) is 11.4 Å². The van der Waals surface area contributed by atoms with Crippen LogP contribution in [-0.2, 0) is 13.0 Å². The van der Waals surface area contributed by atoms with Gasteiger partial charge in [-0.25, -0.2) is 9.97 Å². The Kier molecular flexibility index (Phi) is 6.29. The molecule has 0 spiro atoms. The molecular formula is C26H24N6O2. The Morgan fingerprint density at radius 2 is 1.88 bits per heavy atom. The fourth-order valence-electron chi connectivity index (χ4n) is 3.65. The van der Waals surface area contributed by atoms with E-state index in [2.05, 4.69) is 26.6 Å². The van der Waals surface area contributed by atoms with Gasteiger partial charge in [-0.3, -0.25) is 10.1 Å². The monoisotopic (exact) mass is 452 g/mol. The summed E-state index contributed by atoms with van der Waals surface area (Å²) in [6.45, 7) is 1.06. The highest BCUT2D eigenvalue weighted by atomic mass is 16.5. The summed E-state index contributed by atoms with van der Waals surface area (Å²) in [6.07, 6.45) is 7.85. The lowest BCUT2D eigenvalue weighted by molar-refractivity contribution is 0.316. The minimum absolute atomic E-state index is 0.452. The van der Waals surface area contributed by atoms with Crippen LogP contribution in [0.5, 0.6) is 11.5 Å². The summed E-state index contributed by atoms with van der Waals surface area (Å²) in [5, 5.41) is 11.3. The lowest BCUT2D eigenvalue weighted by Crippen LogP contribution is -2.09. The van der Waals surface area contributed by atoms with Crippen LogP contribution in [0, 0.1) is 0 Å². The number of aromatic nitrogens is 5. The number of benzene rings is 2. The summed E-state index contributed by atoms with van der Waals surface area (Å²) in [7, 11) is 1.64. The van der Waals surface area contributed by atoms with Crippen LogP contribution >= 0.6 is 0 Å². The zero-order chi connectivity index (χ0) is 23.2. The van der Waals surface area contributed by atoms with Crippen molar-refractivity contribution < 1.29 is 9.47 Å². The highest BCUT2D eigenvalue weighted by Crippen LogP contribution is 2.27. The van der Waals surface area contributed by atoms with Crippen molar-refractivity contribution in [2.24, 2.45) is 0 Å². The molecule has 8 heteroatoms. The van der Waals surface area contributed by atoms with E-state index in [1.165, 1.54) is 0 Å². The molecule has 0 radical (unpaired) electrons. The van der Waals surface area contributed by atoms with E-state index in [0.717, 1.165) is 44.9 Å². The third-order valence-electron chi connectivity index (χ3n) is 5.39. The average Bonchev–Trinajstić information content (AvgIpc) is 3.43. The van der Waals surface area contributed by atoms with Crippen LogP contribution in [0.15, 0.2) is 79.4 Å². The number of rotatable bonds is 9. The van der Waals surface area contributed by atoms with Gasteiger partial charge >= 0.3 is 0 Å². The van der Waals surface area contributed by atoms with E-state index in [4.69, 9.17) is 19.4 Å². The number of ether oxygens (including phenoxy) is 2. The van der Waals surface area contributed by atoms with Gasteiger partial charge in [-0.15, -0.1) is 0 Å². The molecule has 5 rings (SSSR count). The maximum Gasteiger partial charge on any atom is 0.137 e. The van der Waals surface area contributed by atoms with Gasteiger partial charge in [-0.1, -0.05) is 18.2 Å². The maximum atomic E-state index is 5.90. The zero-order valence-electron chi connectivity index (χ0n) is 18.7. The van der Waals surface area contributed by atoms with Gasteiger partial charge in [-0.05, 0) is 41.5 Å². The molecule has 3 aromatic heterocycles. The first-order chi connectivity index (χ1) is 16.8. The second kappa shape index (κ2) is 9.99. The van der Waals surface area contributed by atoms with Crippen molar-refractivity contribution in [2.45, 2.75) is 13.0 Å². The number of nitrogens with zero attached hydrogens (tertiary/aromatic N) is 4. The molecule has 0 saturated carbocycles. The lowest BCUT2D eigenvalue weighted by atomic mass is 10.1. The van der Waals surface area contributed by atoms with Crippen molar-refractivity contribution in [3.05, 3.63) is 90.8 Å². The fourth-order valence-corrected chi connectivity index (χ4v) is 3.65. The standard InChI is InChI=1S/C26H24N6O2/c1-33-21-5-2-6-22(13-21)34-11-9-25-31-24-8-7-19(20-16-29-30-17-20)12-23(24)26(32-25)28-15-18-4-3-10-27-14-18/h2-8,10,12-14,16-17H,9,11,15H2,1H3,(H,29,30)(H,28,31,32). The number of methoxy groups -OCH3 is 1. The first-order valence-electron chi connectivity index (χ1n) is 11.0. The summed E-state index contributed by atoms with van der Waals surface area (Å²) in [5.74, 6) is 2.99. The molecule has 0 fully saturated rings. The minimum Gasteiger partial charge on any atom is -0.497 e. The molecule has 0 aliphatic carbocycles. The highest BCUT2D eigenvalue weighted by Gasteiger charge is 2.11. The van der Waals surface area contributed by atoms with E-state index >= 15 is 0 Å². The summed E-state index contributed by atoms with van der Waals surface area (Å²) in [4.78, 5) is 13.8. The van der Waals surface area contributed by atoms with Crippen LogP contribution in [0.4, 0.5) is 5.82 Å². The Labute approximate surface area is 197 Å². The number of aromatic amines is 1. The molecule has 34 heavy (non-hydrogen) atoms. The van der Waals surface area contributed by atoms with E-state index < -0.39 is 0 Å². The number of fused-ring (bicyclic) bond motifs is 1. The van der Waals surface area contributed by atoms with Gasteiger partial charge in [0.05, 0.1) is 25.4 Å². The molecule has 0 aliphatic heterocycles. The van der Waals surface area contributed by atoms with Crippen molar-refractivity contribution in [3.8, 4) is 22.6 Å². The number of hydrogen-bond donors (Lipinski definition) is 2. The maximum absolute atomic E-state index is 5.90. The number of H-pyrrole nitrogens is 1. The molecular weight excluding hydrogens is 428 g/mol. The summed E-state index contributed by atoms with van der Waals surface area (Å²) < 4.78 is 11.2. The molecule has 0 bridgehead atoms. The molecule has 0 aliphatic rings. The molecule has 170 valence electrons. The van der Waals surface area contributed by atoms with Crippen molar-refractivity contribution in [2.75, 3.05) is 19.0 Å². The average molecular weight is 453 g/mol. The smallest absolute Gasteiger partial charge is 0.137 e. The van der Waals surface area contributed by atoms with Gasteiger partial charge in [0.25, 0.3) is 0 Å². The fraction of sp³-hybridized carbons (Fsp3) is 0.154. The Morgan fingerprint density at radius 3 is 2.71 bits per heavy atom. The Balaban J connectivity index is 1.40. The van der Waals surface area contributed by atoms with Crippen LogP contribution in [0.2, 0.25) is 0 Å². The van der Waals surface area contributed by atoms with E-state index in [1.54, 1.807) is 19.5 Å². The normalized spacial score (nSPS) is 10.9. The van der Waals surface area contributed by atoms with E-state index in [0.29, 0.717) is 25.4 Å². The van der Waals surface area contributed by atoms with Gasteiger partial charge in [0.2, 0.25) is 0 Å². The van der Waals surface area contributed by atoms with Crippen molar-refractivity contribution in [1.29, 1.82) is 0 Å². The predicted octanol–water partition coefficient (Wildman–Crippen LogP) is 4.66. The quantitative estimate of drug-likeness (QED) is 0.336. The van der Waals surface area contributed by atoms with Gasteiger partial charge in [0.15, 0.2) is 0 Å². The van der Waals surface area contributed by atoms with Crippen molar-refractivity contribution >= 4 is 16.7 Å². The van der Waals surface area contributed by atoms with Crippen LogP contribution in [-0.4, -0.2) is 38.9 Å². The van der Waals surface area contributed by atoms with Gasteiger partial charge < -0.3 is 14.8 Å². The lowest BCUT2D eigenvalue weighted by Gasteiger charge is -2.13. The second-order valence-electron chi connectivity index (χ2n) is 7.70. The van der Waals surface area contributed by atoms with Crippen molar-refractivity contribution in [1.82, 2.24) is 25.1 Å². The Hall–Kier alpha value is -4.46. The van der Waals surface area contributed by atoms with Crippen molar-refractivity contribution in [3.63, 3.8) is 0 Å². The summed E-state index contributed by atoms with van der Waals surface area (Å²) in [6, 6.07) is 17.7. The minimum atomic E-state index is 0.452. The molecule has 8 nitrogen and oxygen atoms in total. The van der Waals surface area contributed by atoms with Gasteiger partial charge in [0.1, 0.15) is 23.1 Å². The number of nitrogens with one attached hydrogen (secondary N) is 2. The van der Waals surface area contributed by atoms with E-state index in [-0.39, 0.29) is 0 Å². The molecule has 2 aromatic carbocycles. The van der Waals surface area contributed by atoms with E-state index in [9.17, 15) is 0 Å². The first kappa shape index (κ1) is 21.4. The van der Waals surface area contributed by atoms with E-state index in [1.807, 2.05) is 60.9 Å². The first-order valence-corrected chi connectivity index (χ1v) is 11.0.